The minimum Gasteiger partial charge on any atom is -0.497 e. The van der Waals surface area contributed by atoms with Crippen molar-refractivity contribution in [2.45, 2.75) is 19.5 Å². The fourth-order valence-electron chi connectivity index (χ4n) is 3.74. The number of hydrogen-bond donors (Lipinski definition) is 0. The van der Waals surface area contributed by atoms with Crippen molar-refractivity contribution in [2.24, 2.45) is 0 Å². The average molecular weight is 422 g/mol. The SMILES string of the molecule is COc1ccc(CN2C(=O)[C@@H](C)N(C(=O)c3c(F)cccc3F)c3ccccc32)cc1. The molecule has 2 amide bonds. The Morgan fingerprint density at radius 2 is 1.55 bits per heavy atom. The molecule has 1 aliphatic heterocycles. The molecule has 0 aromatic heterocycles. The molecule has 0 spiro atoms. The minimum absolute atomic E-state index is 0.278. The summed E-state index contributed by atoms with van der Waals surface area (Å²) in [5, 5.41) is 0. The van der Waals surface area contributed by atoms with Gasteiger partial charge in [-0.1, -0.05) is 30.3 Å². The van der Waals surface area contributed by atoms with E-state index in [1.807, 2.05) is 12.1 Å². The molecule has 1 atom stereocenters. The first-order chi connectivity index (χ1) is 14.9. The van der Waals surface area contributed by atoms with E-state index >= 15 is 0 Å². The molecule has 0 fully saturated rings. The van der Waals surface area contributed by atoms with Crippen LogP contribution in [0.15, 0.2) is 66.7 Å². The first-order valence-electron chi connectivity index (χ1n) is 9.73. The number of fused-ring (bicyclic) bond motifs is 1. The van der Waals surface area contributed by atoms with Crippen LogP contribution in [0.25, 0.3) is 0 Å². The van der Waals surface area contributed by atoms with Gasteiger partial charge in [0.2, 0.25) is 5.91 Å². The zero-order chi connectivity index (χ0) is 22.1. The van der Waals surface area contributed by atoms with E-state index in [1.54, 1.807) is 55.3 Å². The largest absolute Gasteiger partial charge is 0.497 e. The van der Waals surface area contributed by atoms with E-state index in [9.17, 15) is 18.4 Å². The second-order valence-electron chi connectivity index (χ2n) is 7.21. The van der Waals surface area contributed by atoms with E-state index in [-0.39, 0.29) is 12.5 Å². The molecule has 0 bridgehead atoms. The second kappa shape index (κ2) is 8.18. The van der Waals surface area contributed by atoms with Gasteiger partial charge in [0.1, 0.15) is 29.0 Å². The number of hydrogen-bond acceptors (Lipinski definition) is 3. The van der Waals surface area contributed by atoms with Gasteiger partial charge in [0, 0.05) is 0 Å². The number of para-hydroxylation sites is 2. The van der Waals surface area contributed by atoms with Crippen molar-refractivity contribution >= 4 is 23.2 Å². The van der Waals surface area contributed by atoms with Gasteiger partial charge in [0.25, 0.3) is 5.91 Å². The molecule has 158 valence electrons. The number of carbonyl (C=O) groups excluding carboxylic acids is 2. The first kappa shape index (κ1) is 20.5. The Morgan fingerprint density at radius 3 is 2.16 bits per heavy atom. The first-order valence-corrected chi connectivity index (χ1v) is 9.73. The molecule has 3 aromatic carbocycles. The van der Waals surface area contributed by atoms with E-state index < -0.39 is 29.1 Å². The number of halogens is 2. The van der Waals surface area contributed by atoms with Crippen molar-refractivity contribution in [3.63, 3.8) is 0 Å². The predicted octanol–water partition coefficient (Wildman–Crippen LogP) is 4.56. The highest BCUT2D eigenvalue weighted by molar-refractivity contribution is 6.17. The minimum atomic E-state index is -0.970. The lowest BCUT2D eigenvalue weighted by atomic mass is 10.0. The lowest BCUT2D eigenvalue weighted by molar-refractivity contribution is -0.119. The van der Waals surface area contributed by atoms with E-state index in [0.717, 1.165) is 22.6 Å². The smallest absolute Gasteiger partial charge is 0.265 e. The number of benzene rings is 3. The van der Waals surface area contributed by atoms with Crippen LogP contribution in [0.3, 0.4) is 0 Å². The maximum Gasteiger partial charge on any atom is 0.265 e. The Kier molecular flexibility index (Phi) is 5.42. The molecular formula is C24H20F2N2O3. The van der Waals surface area contributed by atoms with Gasteiger partial charge in [0.15, 0.2) is 0 Å². The lowest BCUT2D eigenvalue weighted by Crippen LogP contribution is -2.54. The van der Waals surface area contributed by atoms with Crippen LogP contribution in [-0.4, -0.2) is 25.0 Å². The highest BCUT2D eigenvalue weighted by Gasteiger charge is 2.40. The molecule has 7 heteroatoms. The standard InChI is InChI=1S/C24H20F2N2O3/c1-15-23(29)27(14-16-10-12-17(31-2)13-11-16)20-8-3-4-9-21(20)28(15)24(30)22-18(25)6-5-7-19(22)26/h3-13,15H,14H2,1-2H3/t15-/m1/s1. The van der Waals surface area contributed by atoms with Crippen molar-refractivity contribution in [3.8, 4) is 5.75 Å². The van der Waals surface area contributed by atoms with Crippen LogP contribution < -0.4 is 14.5 Å². The predicted molar refractivity (Wildman–Crippen MR) is 113 cm³/mol. The molecule has 1 heterocycles. The zero-order valence-electron chi connectivity index (χ0n) is 17.0. The maximum atomic E-state index is 14.3. The third-order valence-corrected chi connectivity index (χ3v) is 5.34. The molecule has 5 nitrogen and oxygen atoms in total. The number of methoxy groups -OCH3 is 1. The summed E-state index contributed by atoms with van der Waals surface area (Å²) in [6.45, 7) is 1.83. The summed E-state index contributed by atoms with van der Waals surface area (Å²) in [5.74, 6) is -2.48. The summed E-state index contributed by atoms with van der Waals surface area (Å²) in [7, 11) is 1.57. The van der Waals surface area contributed by atoms with Gasteiger partial charge in [-0.15, -0.1) is 0 Å². The van der Waals surface area contributed by atoms with Gasteiger partial charge in [-0.25, -0.2) is 8.78 Å². The lowest BCUT2D eigenvalue weighted by Gasteiger charge is -2.40. The Bertz CT molecular complexity index is 1130. The molecule has 0 saturated heterocycles. The highest BCUT2D eigenvalue weighted by atomic mass is 19.1. The summed E-state index contributed by atoms with van der Waals surface area (Å²) in [6.07, 6.45) is 0. The van der Waals surface area contributed by atoms with Crippen LogP contribution in [0.4, 0.5) is 20.2 Å². The van der Waals surface area contributed by atoms with Gasteiger partial charge in [-0.05, 0) is 48.9 Å². The van der Waals surface area contributed by atoms with Crippen molar-refractivity contribution < 1.29 is 23.1 Å². The van der Waals surface area contributed by atoms with Crippen LogP contribution in [0.1, 0.15) is 22.8 Å². The van der Waals surface area contributed by atoms with Gasteiger partial charge < -0.3 is 9.64 Å². The van der Waals surface area contributed by atoms with Crippen LogP contribution >= 0.6 is 0 Å². The van der Waals surface area contributed by atoms with Crippen molar-refractivity contribution in [2.75, 3.05) is 16.9 Å². The van der Waals surface area contributed by atoms with Crippen LogP contribution in [0.2, 0.25) is 0 Å². The second-order valence-corrected chi connectivity index (χ2v) is 7.21. The Labute approximate surface area is 178 Å². The molecular weight excluding hydrogens is 402 g/mol. The maximum absolute atomic E-state index is 14.3. The number of nitrogens with zero attached hydrogens (tertiary/aromatic N) is 2. The molecule has 0 N–H and O–H groups in total. The van der Waals surface area contributed by atoms with E-state index in [4.69, 9.17) is 4.74 Å². The van der Waals surface area contributed by atoms with E-state index in [2.05, 4.69) is 0 Å². The highest BCUT2D eigenvalue weighted by Crippen LogP contribution is 2.38. The van der Waals surface area contributed by atoms with Gasteiger partial charge in [-0.3, -0.25) is 14.5 Å². The zero-order valence-corrected chi connectivity index (χ0v) is 17.0. The molecule has 0 radical (unpaired) electrons. The van der Waals surface area contributed by atoms with Crippen LogP contribution in [0.5, 0.6) is 5.75 Å². The number of carbonyl (C=O) groups is 2. The number of amides is 2. The number of ether oxygens (including phenoxy) is 1. The van der Waals surface area contributed by atoms with Crippen molar-refractivity contribution in [3.05, 3.63) is 89.5 Å². The fourth-order valence-corrected chi connectivity index (χ4v) is 3.74. The fraction of sp³-hybridized carbons (Fsp3) is 0.167. The molecule has 0 aliphatic carbocycles. The molecule has 0 unspecified atom stereocenters. The van der Waals surface area contributed by atoms with E-state index in [0.29, 0.717) is 17.1 Å². The Hall–Kier alpha value is -3.74. The molecule has 4 rings (SSSR count). The van der Waals surface area contributed by atoms with Crippen molar-refractivity contribution in [1.82, 2.24) is 0 Å². The summed E-state index contributed by atoms with van der Waals surface area (Å²) in [5.41, 5.74) is 1.10. The summed E-state index contributed by atoms with van der Waals surface area (Å²) < 4.78 is 33.7. The van der Waals surface area contributed by atoms with Gasteiger partial charge in [0.05, 0.1) is 25.0 Å². The van der Waals surface area contributed by atoms with Crippen LogP contribution in [0, 0.1) is 11.6 Å². The third-order valence-electron chi connectivity index (χ3n) is 5.34. The Balaban J connectivity index is 1.75. The van der Waals surface area contributed by atoms with Crippen LogP contribution in [-0.2, 0) is 11.3 Å². The normalized spacial score (nSPS) is 15.6. The molecule has 3 aromatic rings. The van der Waals surface area contributed by atoms with Gasteiger partial charge in [-0.2, -0.15) is 0 Å². The summed E-state index contributed by atoms with van der Waals surface area (Å²) in [6, 6.07) is 16.4. The number of rotatable bonds is 4. The molecule has 31 heavy (non-hydrogen) atoms. The molecule has 1 aliphatic rings. The Morgan fingerprint density at radius 1 is 0.935 bits per heavy atom. The monoisotopic (exact) mass is 422 g/mol. The quantitative estimate of drug-likeness (QED) is 0.620. The average Bonchev–Trinajstić information content (AvgIpc) is 2.77. The van der Waals surface area contributed by atoms with Crippen molar-refractivity contribution in [1.29, 1.82) is 0 Å². The third kappa shape index (κ3) is 3.63. The molecule has 0 saturated carbocycles. The summed E-state index contributed by atoms with van der Waals surface area (Å²) >= 11 is 0. The van der Waals surface area contributed by atoms with E-state index in [1.165, 1.54) is 6.07 Å². The van der Waals surface area contributed by atoms with Gasteiger partial charge >= 0.3 is 0 Å². The number of anilines is 2. The topological polar surface area (TPSA) is 49.9 Å². The summed E-state index contributed by atoms with van der Waals surface area (Å²) in [4.78, 5) is 29.1.